The van der Waals surface area contributed by atoms with Gasteiger partial charge in [0.1, 0.15) is 4.88 Å². The number of nitrogens with one attached hydrogen (secondary N) is 2. The molecule has 0 aromatic carbocycles. The summed E-state index contributed by atoms with van der Waals surface area (Å²) in [7, 11) is -2.31. The highest BCUT2D eigenvalue weighted by molar-refractivity contribution is 7.89. The van der Waals surface area contributed by atoms with Crippen molar-refractivity contribution in [2.24, 2.45) is 0 Å². The molecule has 2 rings (SSSR count). The number of ether oxygens (including phenoxy) is 1. The van der Waals surface area contributed by atoms with E-state index in [2.05, 4.69) is 19.7 Å². The molecule has 0 radical (unpaired) electrons. The van der Waals surface area contributed by atoms with Crippen molar-refractivity contribution in [3.05, 3.63) is 16.3 Å². The van der Waals surface area contributed by atoms with Crippen molar-refractivity contribution >= 4 is 52.1 Å². The Balaban J connectivity index is 0.00000242. The number of methoxy groups -OCH3 is 1. The number of thiophene rings is 1. The van der Waals surface area contributed by atoms with Gasteiger partial charge in [0.2, 0.25) is 10.0 Å². The predicted octanol–water partition coefficient (Wildman–Crippen LogP) is 0.562. The molecule has 11 heteroatoms. The Bertz CT molecular complexity index is 589. The molecule has 1 aliphatic heterocycles. The fraction of sp³-hybridized carbons (Fsp3) is 0.583. The molecule has 2 heterocycles. The molecule has 1 saturated heterocycles. The van der Waals surface area contributed by atoms with Gasteiger partial charge >= 0.3 is 5.97 Å². The minimum atomic E-state index is -3.57. The zero-order valence-electron chi connectivity index (χ0n) is 12.6. The van der Waals surface area contributed by atoms with E-state index in [0.29, 0.717) is 13.1 Å². The number of rotatable bonds is 6. The Labute approximate surface area is 152 Å². The van der Waals surface area contributed by atoms with Crippen molar-refractivity contribution in [2.75, 3.05) is 46.4 Å². The molecule has 1 aliphatic rings. The van der Waals surface area contributed by atoms with Crippen molar-refractivity contribution in [2.45, 2.75) is 4.90 Å². The van der Waals surface area contributed by atoms with Gasteiger partial charge in [-0.1, -0.05) is 0 Å². The van der Waals surface area contributed by atoms with E-state index in [0.717, 1.165) is 37.5 Å². The summed E-state index contributed by atoms with van der Waals surface area (Å²) in [6.45, 7) is 4.74. The molecule has 0 aliphatic carbocycles. The van der Waals surface area contributed by atoms with Crippen molar-refractivity contribution < 1.29 is 17.9 Å². The van der Waals surface area contributed by atoms with Gasteiger partial charge in [0, 0.05) is 44.6 Å². The van der Waals surface area contributed by atoms with Crippen LogP contribution in [0.5, 0.6) is 0 Å². The highest BCUT2D eigenvalue weighted by Gasteiger charge is 2.19. The molecule has 23 heavy (non-hydrogen) atoms. The first-order valence-corrected chi connectivity index (χ1v) is 8.99. The molecular formula is C12H21Cl2N3O4S2. The quantitative estimate of drug-likeness (QED) is 0.672. The van der Waals surface area contributed by atoms with Crippen LogP contribution in [-0.4, -0.2) is 65.7 Å². The van der Waals surface area contributed by atoms with E-state index in [-0.39, 0.29) is 34.6 Å². The van der Waals surface area contributed by atoms with Crippen molar-refractivity contribution in [1.29, 1.82) is 0 Å². The summed E-state index contributed by atoms with van der Waals surface area (Å²) in [5.41, 5.74) is 0. The number of hydrogen-bond acceptors (Lipinski definition) is 7. The number of carbonyl (C=O) groups excluding carboxylic acids is 1. The van der Waals surface area contributed by atoms with Crippen LogP contribution in [0, 0.1) is 0 Å². The Hall–Kier alpha value is -0.420. The maximum Gasteiger partial charge on any atom is 0.348 e. The first kappa shape index (κ1) is 22.6. The fourth-order valence-electron chi connectivity index (χ4n) is 2.02. The van der Waals surface area contributed by atoms with Crippen LogP contribution >= 0.6 is 36.2 Å². The maximum atomic E-state index is 12.1. The molecule has 1 aromatic rings. The van der Waals surface area contributed by atoms with Gasteiger partial charge in [-0.05, 0) is 6.07 Å². The summed E-state index contributed by atoms with van der Waals surface area (Å²) in [5, 5.41) is 4.69. The summed E-state index contributed by atoms with van der Waals surface area (Å²) in [5.74, 6) is -0.526. The van der Waals surface area contributed by atoms with E-state index in [9.17, 15) is 13.2 Å². The van der Waals surface area contributed by atoms with E-state index in [1.807, 2.05) is 0 Å². The molecular weight excluding hydrogens is 385 g/mol. The van der Waals surface area contributed by atoms with Crippen LogP contribution in [0.4, 0.5) is 0 Å². The molecule has 134 valence electrons. The molecule has 1 fully saturated rings. The van der Waals surface area contributed by atoms with E-state index in [4.69, 9.17) is 0 Å². The molecule has 0 saturated carbocycles. The number of nitrogens with zero attached hydrogens (tertiary/aromatic N) is 1. The Kier molecular flexibility index (Phi) is 10.3. The van der Waals surface area contributed by atoms with Gasteiger partial charge in [-0.25, -0.2) is 17.9 Å². The molecule has 1 aromatic heterocycles. The summed E-state index contributed by atoms with van der Waals surface area (Å²) < 4.78 is 31.3. The van der Waals surface area contributed by atoms with Crippen LogP contribution in [0.3, 0.4) is 0 Å². The number of esters is 1. The van der Waals surface area contributed by atoms with Crippen molar-refractivity contribution in [1.82, 2.24) is 14.9 Å². The number of piperazine rings is 1. The molecule has 0 bridgehead atoms. The highest BCUT2D eigenvalue weighted by atomic mass is 35.5. The Morgan fingerprint density at radius 1 is 1.39 bits per heavy atom. The van der Waals surface area contributed by atoms with E-state index < -0.39 is 16.0 Å². The average Bonchev–Trinajstić information content (AvgIpc) is 2.98. The Morgan fingerprint density at radius 2 is 2.04 bits per heavy atom. The van der Waals surface area contributed by atoms with Crippen molar-refractivity contribution in [3.63, 3.8) is 0 Å². The lowest BCUT2D eigenvalue weighted by atomic mass is 10.3. The third-order valence-corrected chi connectivity index (χ3v) is 5.70. The maximum absolute atomic E-state index is 12.1. The fourth-order valence-corrected chi connectivity index (χ4v) is 4.23. The monoisotopic (exact) mass is 405 g/mol. The molecule has 0 spiro atoms. The third-order valence-electron chi connectivity index (χ3n) is 3.20. The number of halogens is 2. The van der Waals surface area contributed by atoms with Crippen LogP contribution in [0.1, 0.15) is 9.67 Å². The normalized spacial score (nSPS) is 15.3. The number of hydrogen-bond donors (Lipinski definition) is 2. The first-order valence-electron chi connectivity index (χ1n) is 6.62. The molecule has 2 N–H and O–H groups in total. The van der Waals surface area contributed by atoms with Crippen LogP contribution in [0.15, 0.2) is 16.3 Å². The lowest BCUT2D eigenvalue weighted by molar-refractivity contribution is 0.0606. The van der Waals surface area contributed by atoms with Gasteiger partial charge in [-0.2, -0.15) is 0 Å². The smallest absolute Gasteiger partial charge is 0.348 e. The van der Waals surface area contributed by atoms with E-state index in [1.54, 1.807) is 0 Å². The van der Waals surface area contributed by atoms with Gasteiger partial charge < -0.3 is 10.1 Å². The zero-order valence-corrected chi connectivity index (χ0v) is 15.9. The van der Waals surface area contributed by atoms with Gasteiger partial charge in [0.15, 0.2) is 0 Å². The topological polar surface area (TPSA) is 87.7 Å². The largest absolute Gasteiger partial charge is 0.465 e. The standard InChI is InChI=1S/C12H19N3O4S2.2ClH/c1-19-12(16)11-8-10(9-20-11)21(17,18)14-4-7-15-5-2-13-3-6-15;;/h8-9,13-14H,2-7H2,1H3;2*1H. The highest BCUT2D eigenvalue weighted by Crippen LogP contribution is 2.19. The average molecular weight is 406 g/mol. The second-order valence-electron chi connectivity index (χ2n) is 4.63. The summed E-state index contributed by atoms with van der Waals surface area (Å²) in [6.07, 6.45) is 0. The van der Waals surface area contributed by atoms with Gasteiger partial charge in [-0.3, -0.25) is 4.90 Å². The first-order chi connectivity index (χ1) is 10.0. The van der Waals surface area contributed by atoms with Crippen LogP contribution in [0.25, 0.3) is 0 Å². The third kappa shape index (κ3) is 6.54. The predicted molar refractivity (Wildman–Crippen MR) is 94.7 cm³/mol. The van der Waals surface area contributed by atoms with E-state index in [1.165, 1.54) is 18.6 Å². The molecule has 0 atom stereocenters. The molecule has 0 unspecified atom stereocenters. The SMILES string of the molecule is COC(=O)c1cc(S(=O)(=O)NCCN2CCNCC2)cs1.Cl.Cl. The van der Waals surface area contributed by atoms with Gasteiger partial charge in [0.05, 0.1) is 12.0 Å². The second kappa shape index (κ2) is 10.4. The van der Waals surface area contributed by atoms with Gasteiger partial charge in [0.25, 0.3) is 0 Å². The number of carbonyl (C=O) groups is 1. The van der Waals surface area contributed by atoms with Crippen molar-refractivity contribution in [3.8, 4) is 0 Å². The minimum absolute atomic E-state index is 0. The van der Waals surface area contributed by atoms with Gasteiger partial charge in [-0.15, -0.1) is 36.2 Å². The molecule has 0 amide bonds. The molecule has 7 nitrogen and oxygen atoms in total. The summed E-state index contributed by atoms with van der Waals surface area (Å²) in [6, 6.07) is 1.34. The van der Waals surface area contributed by atoms with Crippen LogP contribution in [0.2, 0.25) is 0 Å². The van der Waals surface area contributed by atoms with Crippen LogP contribution < -0.4 is 10.0 Å². The van der Waals surface area contributed by atoms with E-state index >= 15 is 0 Å². The minimum Gasteiger partial charge on any atom is -0.465 e. The zero-order chi connectivity index (χ0) is 15.3. The second-order valence-corrected chi connectivity index (χ2v) is 7.31. The van der Waals surface area contributed by atoms with Crippen LogP contribution in [-0.2, 0) is 14.8 Å². The Morgan fingerprint density at radius 3 is 2.65 bits per heavy atom. The number of sulfonamides is 1. The lowest BCUT2D eigenvalue weighted by Gasteiger charge is -2.26. The summed E-state index contributed by atoms with van der Waals surface area (Å²) >= 11 is 1.06. The lowest BCUT2D eigenvalue weighted by Crippen LogP contribution is -2.46. The summed E-state index contributed by atoms with van der Waals surface area (Å²) in [4.78, 5) is 13.9.